The van der Waals surface area contributed by atoms with Gasteiger partial charge in [-0.05, 0) is 12.8 Å². The highest BCUT2D eigenvalue weighted by atomic mass is 32.2. The summed E-state index contributed by atoms with van der Waals surface area (Å²) in [5, 5.41) is 9.07. The quantitative estimate of drug-likeness (QED) is 0.751. The Labute approximate surface area is 102 Å². The van der Waals surface area contributed by atoms with E-state index in [9.17, 15) is 8.42 Å². The van der Waals surface area contributed by atoms with Gasteiger partial charge in [0.2, 0.25) is 0 Å². The van der Waals surface area contributed by atoms with Crippen LogP contribution in [0.15, 0.2) is 17.6 Å². The number of rotatable bonds is 7. The van der Waals surface area contributed by atoms with Crippen molar-refractivity contribution in [1.82, 2.24) is 14.3 Å². The van der Waals surface area contributed by atoms with Crippen LogP contribution in [-0.4, -0.2) is 47.0 Å². The largest absolute Gasteiger partial charge is 0.395 e. The summed E-state index contributed by atoms with van der Waals surface area (Å²) in [6, 6.07) is -0.101. The van der Waals surface area contributed by atoms with E-state index in [1.807, 2.05) is 13.8 Å². The van der Waals surface area contributed by atoms with Gasteiger partial charge in [0.1, 0.15) is 0 Å². The van der Waals surface area contributed by atoms with Gasteiger partial charge in [0.05, 0.1) is 19.1 Å². The molecule has 0 amide bonds. The molecule has 17 heavy (non-hydrogen) atoms. The minimum absolute atomic E-state index is 0.0675. The first-order valence-corrected chi connectivity index (χ1v) is 7.13. The van der Waals surface area contributed by atoms with Crippen LogP contribution in [0.5, 0.6) is 0 Å². The maximum atomic E-state index is 12.3. The molecule has 0 bridgehead atoms. The molecule has 1 heterocycles. The SMILES string of the molecule is CCC(CC)N(CCO)S(=O)(=O)c1cnc[nH]1. The Balaban J connectivity index is 3.06. The molecule has 0 fully saturated rings. The lowest BCUT2D eigenvalue weighted by Gasteiger charge is -2.28. The highest BCUT2D eigenvalue weighted by Gasteiger charge is 2.30. The number of nitrogens with zero attached hydrogens (tertiary/aromatic N) is 2. The molecule has 6 nitrogen and oxygen atoms in total. The molecule has 0 aromatic carbocycles. The Hall–Kier alpha value is -0.920. The second kappa shape index (κ2) is 6.13. The van der Waals surface area contributed by atoms with Gasteiger partial charge in [0, 0.05) is 12.6 Å². The molecule has 0 spiro atoms. The van der Waals surface area contributed by atoms with Crippen LogP contribution in [0.3, 0.4) is 0 Å². The van der Waals surface area contributed by atoms with Crippen LogP contribution in [0.2, 0.25) is 0 Å². The summed E-state index contributed by atoms with van der Waals surface area (Å²) in [5.74, 6) is 0. The fraction of sp³-hybridized carbons (Fsp3) is 0.700. The molecule has 0 radical (unpaired) electrons. The summed E-state index contributed by atoms with van der Waals surface area (Å²) in [7, 11) is -3.59. The maximum absolute atomic E-state index is 12.3. The average molecular weight is 261 g/mol. The molecule has 0 aliphatic carbocycles. The van der Waals surface area contributed by atoms with Crippen molar-refractivity contribution >= 4 is 10.0 Å². The van der Waals surface area contributed by atoms with Gasteiger partial charge in [-0.15, -0.1) is 0 Å². The van der Waals surface area contributed by atoms with Crippen molar-refractivity contribution in [2.75, 3.05) is 13.2 Å². The highest BCUT2D eigenvalue weighted by molar-refractivity contribution is 7.89. The molecular formula is C10H19N3O3S. The highest BCUT2D eigenvalue weighted by Crippen LogP contribution is 2.18. The predicted octanol–water partition coefficient (Wildman–Crippen LogP) is 0.581. The third-order valence-electron chi connectivity index (χ3n) is 2.73. The fourth-order valence-electron chi connectivity index (χ4n) is 1.80. The number of aliphatic hydroxyl groups is 1. The standard InChI is InChI=1S/C10H19N3O3S/c1-3-9(4-2)13(5-6-14)17(15,16)10-7-11-8-12-10/h7-9,14H,3-6H2,1-2H3,(H,11,12). The van der Waals surface area contributed by atoms with Crippen molar-refractivity contribution in [3.63, 3.8) is 0 Å². The number of imidazole rings is 1. The zero-order chi connectivity index (χ0) is 12.9. The van der Waals surface area contributed by atoms with Gasteiger partial charge < -0.3 is 10.1 Å². The monoisotopic (exact) mass is 261 g/mol. The number of H-pyrrole nitrogens is 1. The number of hydrogen-bond donors (Lipinski definition) is 2. The summed E-state index contributed by atoms with van der Waals surface area (Å²) in [4.78, 5) is 6.32. The third kappa shape index (κ3) is 3.05. The Kier molecular flexibility index (Phi) is 5.10. The minimum atomic E-state index is -3.59. The number of hydrogen-bond acceptors (Lipinski definition) is 4. The molecule has 1 aromatic rings. The van der Waals surface area contributed by atoms with Gasteiger partial charge in [0.15, 0.2) is 5.03 Å². The molecule has 0 aliphatic rings. The smallest absolute Gasteiger partial charge is 0.260 e. The second-order valence-corrected chi connectivity index (χ2v) is 5.58. The lowest BCUT2D eigenvalue weighted by atomic mass is 10.2. The molecule has 0 unspecified atom stereocenters. The van der Waals surface area contributed by atoms with E-state index in [1.54, 1.807) is 0 Å². The number of sulfonamides is 1. The molecule has 7 heteroatoms. The van der Waals surface area contributed by atoms with E-state index >= 15 is 0 Å². The number of aliphatic hydroxyl groups excluding tert-OH is 1. The van der Waals surface area contributed by atoms with E-state index in [-0.39, 0.29) is 24.2 Å². The van der Waals surface area contributed by atoms with Crippen LogP contribution >= 0.6 is 0 Å². The van der Waals surface area contributed by atoms with Crippen LogP contribution in [0.1, 0.15) is 26.7 Å². The lowest BCUT2D eigenvalue weighted by Crippen LogP contribution is -2.41. The molecule has 0 saturated heterocycles. The first-order valence-electron chi connectivity index (χ1n) is 5.69. The zero-order valence-electron chi connectivity index (χ0n) is 10.1. The van der Waals surface area contributed by atoms with Gasteiger partial charge in [0.25, 0.3) is 10.0 Å². The van der Waals surface area contributed by atoms with Crippen molar-refractivity contribution in [2.24, 2.45) is 0 Å². The van der Waals surface area contributed by atoms with E-state index in [1.165, 1.54) is 16.8 Å². The lowest BCUT2D eigenvalue weighted by molar-refractivity contribution is 0.219. The third-order valence-corrected chi connectivity index (χ3v) is 4.61. The summed E-state index contributed by atoms with van der Waals surface area (Å²) in [5.41, 5.74) is 0. The fourth-order valence-corrected chi connectivity index (χ4v) is 3.47. The topological polar surface area (TPSA) is 86.3 Å². The van der Waals surface area contributed by atoms with E-state index in [2.05, 4.69) is 9.97 Å². The zero-order valence-corrected chi connectivity index (χ0v) is 10.9. The molecule has 1 aromatic heterocycles. The molecule has 0 saturated carbocycles. The van der Waals surface area contributed by atoms with E-state index in [0.717, 1.165) is 0 Å². The van der Waals surface area contributed by atoms with Crippen LogP contribution in [0, 0.1) is 0 Å². The van der Waals surface area contributed by atoms with E-state index < -0.39 is 10.0 Å². The molecule has 98 valence electrons. The number of aromatic amines is 1. The van der Waals surface area contributed by atoms with Crippen molar-refractivity contribution in [3.05, 3.63) is 12.5 Å². The van der Waals surface area contributed by atoms with Crippen molar-refractivity contribution < 1.29 is 13.5 Å². The Bertz CT molecular complexity index is 412. The van der Waals surface area contributed by atoms with Gasteiger partial charge >= 0.3 is 0 Å². The predicted molar refractivity (Wildman–Crippen MR) is 63.9 cm³/mol. The van der Waals surface area contributed by atoms with Crippen molar-refractivity contribution in [2.45, 2.75) is 37.8 Å². The first kappa shape index (κ1) is 14.1. The number of aromatic nitrogens is 2. The minimum Gasteiger partial charge on any atom is -0.395 e. The molecular weight excluding hydrogens is 242 g/mol. The van der Waals surface area contributed by atoms with Gasteiger partial charge in [-0.3, -0.25) is 0 Å². The van der Waals surface area contributed by atoms with Crippen LogP contribution in [0.4, 0.5) is 0 Å². The van der Waals surface area contributed by atoms with Crippen molar-refractivity contribution in [1.29, 1.82) is 0 Å². The van der Waals surface area contributed by atoms with Gasteiger partial charge in [-0.2, -0.15) is 4.31 Å². The van der Waals surface area contributed by atoms with Gasteiger partial charge in [-0.1, -0.05) is 13.8 Å². The van der Waals surface area contributed by atoms with Crippen LogP contribution < -0.4 is 0 Å². The maximum Gasteiger partial charge on any atom is 0.260 e. The Morgan fingerprint density at radius 3 is 2.53 bits per heavy atom. The van der Waals surface area contributed by atoms with E-state index in [4.69, 9.17) is 5.11 Å². The Morgan fingerprint density at radius 1 is 1.47 bits per heavy atom. The average Bonchev–Trinajstić information content (AvgIpc) is 2.83. The first-order chi connectivity index (χ1) is 8.07. The molecule has 0 atom stereocenters. The molecule has 1 rings (SSSR count). The molecule has 2 N–H and O–H groups in total. The second-order valence-electron chi connectivity index (χ2n) is 3.73. The van der Waals surface area contributed by atoms with Crippen LogP contribution in [-0.2, 0) is 10.0 Å². The summed E-state index contributed by atoms with van der Waals surface area (Å²) in [6.07, 6.45) is 4.03. The summed E-state index contributed by atoms with van der Waals surface area (Å²) in [6.45, 7) is 3.78. The van der Waals surface area contributed by atoms with Crippen LogP contribution in [0.25, 0.3) is 0 Å². The van der Waals surface area contributed by atoms with E-state index in [0.29, 0.717) is 12.8 Å². The summed E-state index contributed by atoms with van der Waals surface area (Å²) < 4.78 is 25.9. The normalized spacial score (nSPS) is 12.5. The Morgan fingerprint density at radius 2 is 2.12 bits per heavy atom. The molecule has 0 aliphatic heterocycles. The summed E-state index contributed by atoms with van der Waals surface area (Å²) >= 11 is 0. The van der Waals surface area contributed by atoms with Gasteiger partial charge in [-0.25, -0.2) is 13.4 Å². The van der Waals surface area contributed by atoms with Crippen molar-refractivity contribution in [3.8, 4) is 0 Å². The number of nitrogens with one attached hydrogen (secondary N) is 1.